The minimum Gasteiger partial charge on any atom is -0.456 e. The number of hydrogen-bond acceptors (Lipinski definition) is 6. The van der Waals surface area contributed by atoms with E-state index in [0.717, 1.165) is 16.9 Å². The average molecular weight is 360 g/mol. The molecule has 7 nitrogen and oxygen atoms in total. The summed E-state index contributed by atoms with van der Waals surface area (Å²) in [5.41, 5.74) is 2.69. The number of aryl methyl sites for hydroxylation is 2. The Hall–Kier alpha value is -2.74. The highest BCUT2D eigenvalue weighted by molar-refractivity contribution is 7.07. The van der Waals surface area contributed by atoms with Crippen LogP contribution in [0.4, 0.5) is 5.69 Å². The van der Waals surface area contributed by atoms with Gasteiger partial charge in [0.1, 0.15) is 6.54 Å². The van der Waals surface area contributed by atoms with Gasteiger partial charge in [-0.1, -0.05) is 11.3 Å². The summed E-state index contributed by atoms with van der Waals surface area (Å²) in [4.78, 5) is 46.7. The number of fused-ring (bicyclic) bond motifs is 1. The van der Waals surface area contributed by atoms with Gasteiger partial charge in [-0.15, -0.1) is 0 Å². The summed E-state index contributed by atoms with van der Waals surface area (Å²) in [5.74, 6) is -1.01. The molecule has 1 aromatic carbocycles. The number of ether oxygens (including phenoxy) is 1. The number of carbonyl (C=O) groups excluding carboxylic acids is 3. The smallest absolute Gasteiger partial charge is 0.326 e. The molecule has 1 amide bonds. The number of anilines is 1. The van der Waals surface area contributed by atoms with E-state index in [2.05, 4.69) is 5.32 Å². The third-order valence-electron chi connectivity index (χ3n) is 3.95. The molecule has 3 rings (SSSR count). The Morgan fingerprint density at radius 3 is 2.80 bits per heavy atom. The van der Waals surface area contributed by atoms with Gasteiger partial charge in [0.15, 0.2) is 12.4 Å². The maximum absolute atomic E-state index is 12.2. The summed E-state index contributed by atoms with van der Waals surface area (Å²) < 4.78 is 6.29. The van der Waals surface area contributed by atoms with Crippen molar-refractivity contribution in [2.45, 2.75) is 26.3 Å². The summed E-state index contributed by atoms with van der Waals surface area (Å²) in [6.07, 6.45) is 0.955. The van der Waals surface area contributed by atoms with E-state index in [9.17, 15) is 19.2 Å². The predicted octanol–water partition coefficient (Wildman–Crippen LogP) is 1.53. The van der Waals surface area contributed by atoms with Crippen LogP contribution in [-0.2, 0) is 27.3 Å². The Bertz CT molecular complexity index is 912. The van der Waals surface area contributed by atoms with E-state index >= 15 is 0 Å². The van der Waals surface area contributed by atoms with Gasteiger partial charge in [-0.2, -0.15) is 0 Å². The number of nitrogens with zero attached hydrogens (tertiary/aromatic N) is 1. The molecule has 0 aliphatic carbocycles. The number of benzene rings is 1. The summed E-state index contributed by atoms with van der Waals surface area (Å²) in [7, 11) is 0. The highest BCUT2D eigenvalue weighted by Crippen LogP contribution is 2.23. The van der Waals surface area contributed by atoms with Gasteiger partial charge >= 0.3 is 10.8 Å². The van der Waals surface area contributed by atoms with Gasteiger partial charge in [0.25, 0.3) is 0 Å². The molecule has 0 saturated carbocycles. The van der Waals surface area contributed by atoms with E-state index in [-0.39, 0.29) is 29.7 Å². The molecule has 0 radical (unpaired) electrons. The molecule has 0 atom stereocenters. The van der Waals surface area contributed by atoms with Crippen molar-refractivity contribution in [1.82, 2.24) is 4.57 Å². The highest BCUT2D eigenvalue weighted by atomic mass is 32.1. The molecule has 1 aliphatic rings. The number of hydrogen-bond donors (Lipinski definition) is 1. The molecule has 130 valence electrons. The molecule has 25 heavy (non-hydrogen) atoms. The van der Waals surface area contributed by atoms with E-state index in [0.29, 0.717) is 29.8 Å². The first-order chi connectivity index (χ1) is 11.9. The number of Topliss-reactive ketones (excluding diaryl/α,β-unsaturated/α-hetero) is 1. The van der Waals surface area contributed by atoms with E-state index in [1.165, 1.54) is 4.57 Å². The van der Waals surface area contributed by atoms with Crippen LogP contribution in [0.5, 0.6) is 0 Å². The van der Waals surface area contributed by atoms with Gasteiger partial charge in [0, 0.05) is 28.7 Å². The van der Waals surface area contributed by atoms with Crippen molar-refractivity contribution in [3.8, 4) is 0 Å². The Labute approximate surface area is 147 Å². The van der Waals surface area contributed by atoms with Crippen molar-refractivity contribution < 1.29 is 19.1 Å². The molecule has 0 saturated heterocycles. The van der Waals surface area contributed by atoms with E-state index in [1.54, 1.807) is 30.5 Å². The van der Waals surface area contributed by atoms with Crippen LogP contribution in [0.2, 0.25) is 0 Å². The standard InChI is InChI=1S/C17H16N2O5S/c1-10-9-25-17(23)19(10)7-16(22)24-8-14(20)12-2-4-13-11(6-12)3-5-15(21)18-13/h2,4,6,9H,3,5,7-8H2,1H3,(H,18,21). The fourth-order valence-electron chi connectivity index (χ4n) is 2.56. The van der Waals surface area contributed by atoms with E-state index in [4.69, 9.17) is 4.74 Å². The Kier molecular flexibility index (Phi) is 4.80. The number of amides is 1. The molecule has 1 N–H and O–H groups in total. The van der Waals surface area contributed by atoms with Gasteiger partial charge in [-0.05, 0) is 37.1 Å². The highest BCUT2D eigenvalue weighted by Gasteiger charge is 2.18. The van der Waals surface area contributed by atoms with Crippen LogP contribution in [0.25, 0.3) is 0 Å². The first-order valence-corrected chi connectivity index (χ1v) is 8.58. The molecular formula is C17H16N2O5S. The van der Waals surface area contributed by atoms with Crippen LogP contribution >= 0.6 is 11.3 Å². The zero-order chi connectivity index (χ0) is 18.0. The monoisotopic (exact) mass is 360 g/mol. The van der Waals surface area contributed by atoms with Crippen LogP contribution in [-0.4, -0.2) is 28.8 Å². The van der Waals surface area contributed by atoms with Crippen molar-refractivity contribution in [2.24, 2.45) is 0 Å². The van der Waals surface area contributed by atoms with Crippen molar-refractivity contribution in [3.05, 3.63) is 50.1 Å². The van der Waals surface area contributed by atoms with Crippen molar-refractivity contribution >= 4 is 34.7 Å². The van der Waals surface area contributed by atoms with Gasteiger partial charge in [-0.25, -0.2) is 0 Å². The van der Waals surface area contributed by atoms with E-state index < -0.39 is 5.97 Å². The number of rotatable bonds is 5. The number of nitrogens with one attached hydrogen (secondary N) is 1. The SMILES string of the molecule is Cc1csc(=O)n1CC(=O)OCC(=O)c1ccc2c(c1)CCC(=O)N2. The molecule has 2 aromatic rings. The summed E-state index contributed by atoms with van der Waals surface area (Å²) in [5, 5.41) is 4.40. The molecule has 0 fully saturated rings. The lowest BCUT2D eigenvalue weighted by atomic mass is 9.99. The summed E-state index contributed by atoms with van der Waals surface area (Å²) in [6.45, 7) is 1.13. The predicted molar refractivity (Wildman–Crippen MR) is 92.0 cm³/mol. The number of aromatic nitrogens is 1. The zero-order valence-corrected chi connectivity index (χ0v) is 14.4. The van der Waals surface area contributed by atoms with Crippen molar-refractivity contribution in [2.75, 3.05) is 11.9 Å². The molecule has 8 heteroatoms. The van der Waals surface area contributed by atoms with Crippen LogP contribution in [0, 0.1) is 6.92 Å². The topological polar surface area (TPSA) is 94.5 Å². The Balaban J connectivity index is 1.60. The van der Waals surface area contributed by atoms with Crippen LogP contribution in [0.1, 0.15) is 28.0 Å². The first kappa shape index (κ1) is 17.1. The molecule has 0 unspecified atom stereocenters. The second-order valence-corrected chi connectivity index (χ2v) is 6.55. The van der Waals surface area contributed by atoms with Crippen LogP contribution in [0.3, 0.4) is 0 Å². The largest absolute Gasteiger partial charge is 0.456 e. The van der Waals surface area contributed by atoms with Gasteiger partial charge in [-0.3, -0.25) is 23.7 Å². The maximum atomic E-state index is 12.2. The molecule has 0 spiro atoms. The van der Waals surface area contributed by atoms with Crippen LogP contribution < -0.4 is 10.2 Å². The lowest BCUT2D eigenvalue weighted by Gasteiger charge is -2.17. The molecule has 1 aliphatic heterocycles. The lowest BCUT2D eigenvalue weighted by Crippen LogP contribution is -2.24. The second kappa shape index (κ2) is 7.02. The third kappa shape index (κ3) is 3.85. The van der Waals surface area contributed by atoms with Gasteiger partial charge < -0.3 is 10.1 Å². The summed E-state index contributed by atoms with van der Waals surface area (Å²) >= 11 is 1.01. The lowest BCUT2D eigenvalue weighted by molar-refractivity contribution is -0.143. The minimum atomic E-state index is -0.637. The fourth-order valence-corrected chi connectivity index (χ4v) is 3.29. The van der Waals surface area contributed by atoms with Gasteiger partial charge in [0.05, 0.1) is 0 Å². The molecule has 0 bridgehead atoms. The Morgan fingerprint density at radius 2 is 2.08 bits per heavy atom. The molecule has 1 aromatic heterocycles. The Morgan fingerprint density at radius 1 is 1.28 bits per heavy atom. The number of thiazole rings is 1. The number of ketones is 1. The minimum absolute atomic E-state index is 0.0422. The molecule has 2 heterocycles. The third-order valence-corrected chi connectivity index (χ3v) is 4.83. The first-order valence-electron chi connectivity index (χ1n) is 7.70. The summed E-state index contributed by atoms with van der Waals surface area (Å²) in [6, 6.07) is 4.97. The van der Waals surface area contributed by atoms with Crippen LogP contribution in [0.15, 0.2) is 28.4 Å². The van der Waals surface area contributed by atoms with Crippen molar-refractivity contribution in [1.29, 1.82) is 0 Å². The number of esters is 1. The normalized spacial score (nSPS) is 13.1. The maximum Gasteiger partial charge on any atom is 0.326 e. The quantitative estimate of drug-likeness (QED) is 0.645. The fraction of sp³-hybridized carbons (Fsp3) is 0.294. The van der Waals surface area contributed by atoms with E-state index in [1.807, 2.05) is 0 Å². The van der Waals surface area contributed by atoms with Crippen molar-refractivity contribution in [3.63, 3.8) is 0 Å². The zero-order valence-electron chi connectivity index (χ0n) is 13.5. The molecular weight excluding hydrogens is 344 g/mol. The second-order valence-electron chi connectivity index (χ2n) is 5.73. The number of carbonyl (C=O) groups is 3. The van der Waals surface area contributed by atoms with Gasteiger partial charge in [0.2, 0.25) is 5.91 Å². The average Bonchev–Trinajstić information content (AvgIpc) is 2.91.